The summed E-state index contributed by atoms with van der Waals surface area (Å²) in [5, 5.41) is 73.9. The zero-order valence-electron chi connectivity index (χ0n) is 45.0. The molecule has 9 aromatic carbocycles. The average molecular weight is 1270 g/mol. The number of nitrogens with zero attached hydrogens (tertiary/aromatic N) is 7. The SMILES string of the molecule is Cc1cc2cc(SOOO)c(N=Nc3ccc(N=Nc4ccc(N=Nc5cnc6ccccc6c5)c5ccc(S(=O)(=O)O)cc45)c4ccc(S(=O)(=O)O)cc34)c(O)c2cc1N.Nc1c(S(=O)(=O)O)cc(NCC(O)CO)c2c1C(=O)c1ccccc1C2=O. The molecule has 12 N–H and O–H groups in total. The Morgan fingerprint density at radius 1 is 0.614 bits per heavy atom. The number of aliphatic hydroxyl groups excluding tert-OH is 2. The molecular formula is C57H44N10O17S4. The summed E-state index contributed by atoms with van der Waals surface area (Å²) in [6, 6.07) is 34.7. The van der Waals surface area contributed by atoms with Crippen LogP contribution in [0.15, 0.2) is 196 Å². The van der Waals surface area contributed by atoms with Gasteiger partial charge in [-0.3, -0.25) is 28.2 Å². The number of anilines is 3. The van der Waals surface area contributed by atoms with E-state index < -0.39 is 75.0 Å². The lowest BCUT2D eigenvalue weighted by molar-refractivity contribution is -0.432. The lowest BCUT2D eigenvalue weighted by atomic mass is 9.82. The highest BCUT2D eigenvalue weighted by Crippen LogP contribution is 2.47. The van der Waals surface area contributed by atoms with Crippen molar-refractivity contribution in [1.29, 1.82) is 0 Å². The molecule has 1 aliphatic carbocycles. The Balaban J connectivity index is 0.000000264. The molecule has 1 unspecified atom stereocenters. The minimum Gasteiger partial charge on any atom is -0.505 e. The van der Waals surface area contributed by atoms with Crippen LogP contribution in [-0.2, 0) is 39.7 Å². The van der Waals surface area contributed by atoms with Gasteiger partial charge in [0, 0.05) is 61.4 Å². The van der Waals surface area contributed by atoms with Gasteiger partial charge in [0.15, 0.2) is 17.3 Å². The third-order valence-electron chi connectivity index (χ3n) is 13.7. The molecule has 1 heterocycles. The number of para-hydroxylation sites is 1. The van der Waals surface area contributed by atoms with E-state index in [0.29, 0.717) is 50.6 Å². The van der Waals surface area contributed by atoms with E-state index in [2.05, 4.69) is 50.4 Å². The Kier molecular flexibility index (Phi) is 17.2. The zero-order chi connectivity index (χ0) is 63.0. The van der Waals surface area contributed by atoms with Crippen LogP contribution in [0, 0.1) is 6.92 Å². The highest BCUT2D eigenvalue weighted by Gasteiger charge is 2.36. The first-order chi connectivity index (χ1) is 41.8. The number of azo groups is 3. The molecule has 0 aliphatic heterocycles. The Labute approximate surface area is 501 Å². The number of nitrogens with one attached hydrogen (secondary N) is 1. The molecule has 27 nitrogen and oxygen atoms in total. The smallest absolute Gasteiger partial charge is 0.296 e. The van der Waals surface area contributed by atoms with Crippen molar-refractivity contribution in [3.05, 3.63) is 174 Å². The number of nitrogens with two attached hydrogens (primary N) is 2. The normalized spacial score (nSPS) is 13.2. The number of benzene rings is 9. The topological polar surface area (TPSA) is 448 Å². The third-order valence-corrected chi connectivity index (χ3v) is 16.9. The number of phenolic OH excluding ortho intramolecular Hbond substituents is 1. The lowest BCUT2D eigenvalue weighted by Gasteiger charge is -2.24. The van der Waals surface area contributed by atoms with Crippen molar-refractivity contribution in [3.8, 4) is 5.75 Å². The number of pyridine rings is 1. The van der Waals surface area contributed by atoms with Gasteiger partial charge in [0.2, 0.25) is 0 Å². The number of fused-ring (bicyclic) bond motifs is 6. The fourth-order valence-corrected chi connectivity index (χ4v) is 11.5. The highest BCUT2D eigenvalue weighted by atomic mass is 32.2. The van der Waals surface area contributed by atoms with Gasteiger partial charge in [-0.1, -0.05) is 59.6 Å². The highest BCUT2D eigenvalue weighted by molar-refractivity contribution is 7.94. The van der Waals surface area contributed by atoms with Gasteiger partial charge in [-0.2, -0.15) is 25.3 Å². The third kappa shape index (κ3) is 12.6. The first-order valence-corrected chi connectivity index (χ1v) is 30.4. The Hall–Kier alpha value is -9.61. The summed E-state index contributed by atoms with van der Waals surface area (Å²) in [4.78, 5) is 28.8. The van der Waals surface area contributed by atoms with Gasteiger partial charge in [-0.15, -0.1) is 35.0 Å². The summed E-state index contributed by atoms with van der Waals surface area (Å²) >= 11 is 0.525. The number of hydrogen-bond acceptors (Lipinski definition) is 25. The first-order valence-electron chi connectivity index (χ1n) is 25.4. The van der Waals surface area contributed by atoms with Gasteiger partial charge in [0.05, 0.1) is 90.7 Å². The van der Waals surface area contributed by atoms with Crippen molar-refractivity contribution in [3.63, 3.8) is 0 Å². The minimum atomic E-state index is -4.79. The predicted molar refractivity (Wildman–Crippen MR) is 323 cm³/mol. The second kappa shape index (κ2) is 24.6. The molecular weight excluding hydrogens is 1220 g/mol. The van der Waals surface area contributed by atoms with Crippen molar-refractivity contribution in [1.82, 2.24) is 4.98 Å². The number of carbonyl (C=O) groups is 2. The van der Waals surface area contributed by atoms with E-state index >= 15 is 0 Å². The minimum absolute atomic E-state index is 0.0653. The first kappa shape index (κ1) is 61.5. The second-order valence-corrected chi connectivity index (χ2v) is 24.2. The standard InChI is InChI=1S/C40H28N8O10S3.C17H16N2O7S/c1-21-14-23-16-38(59-58-57-50)39(40(49)29(23)19-32(21)41)48-47-37-13-11-35(28-9-7-26(18-31(28)37)61(54,55)56)45-46-36-12-10-34(27-8-6-25(17-30(27)36)60(51,52)53)44-43-24-15-22-4-2-3-5-33(22)42-20-24;18-15-12(27(24,25)26)5-11(19-6-8(21)7-20)13-14(15)17(23)10-4-2-1-3-9(10)16(13)22/h2-20,49-50H,41H2,1H3,(H,51,52,53)(H,54,55,56);1-5,8,19-21H,6-7,18H2,(H,24,25,26). The fourth-order valence-electron chi connectivity index (χ4n) is 9.38. The van der Waals surface area contributed by atoms with E-state index in [4.69, 9.17) is 21.8 Å². The number of phenols is 1. The molecule has 1 aliphatic rings. The number of rotatable bonds is 16. The van der Waals surface area contributed by atoms with Crippen LogP contribution in [0.5, 0.6) is 5.75 Å². The van der Waals surface area contributed by atoms with Crippen LogP contribution in [-0.4, -0.2) is 95.3 Å². The van der Waals surface area contributed by atoms with Gasteiger partial charge in [0.25, 0.3) is 30.4 Å². The predicted octanol–water partition coefficient (Wildman–Crippen LogP) is 11.5. The molecule has 0 amide bonds. The molecule has 0 saturated heterocycles. The van der Waals surface area contributed by atoms with Crippen LogP contribution >= 0.6 is 12.0 Å². The maximum Gasteiger partial charge on any atom is 0.296 e. The lowest BCUT2D eigenvalue weighted by Crippen LogP contribution is -2.28. The molecule has 0 spiro atoms. The Morgan fingerprint density at radius 2 is 1.16 bits per heavy atom. The van der Waals surface area contributed by atoms with Crippen molar-refractivity contribution in [2.75, 3.05) is 29.9 Å². The number of aromatic nitrogens is 1. The monoisotopic (exact) mass is 1270 g/mol. The molecule has 31 heteroatoms. The van der Waals surface area contributed by atoms with E-state index in [1.165, 1.54) is 54.6 Å². The van der Waals surface area contributed by atoms with Crippen molar-refractivity contribution >= 4 is 148 Å². The number of nitrogen functional groups attached to an aromatic ring is 2. The van der Waals surface area contributed by atoms with Crippen molar-refractivity contribution in [2.24, 2.45) is 30.7 Å². The number of aryl methyl sites for hydroxylation is 1. The van der Waals surface area contributed by atoms with Crippen molar-refractivity contribution in [2.45, 2.75) is 32.6 Å². The van der Waals surface area contributed by atoms with Gasteiger partial charge in [-0.25, -0.2) is 5.26 Å². The summed E-state index contributed by atoms with van der Waals surface area (Å²) in [6.45, 7) is 0.971. The van der Waals surface area contributed by atoms with Crippen LogP contribution in [0.4, 0.5) is 51.2 Å². The van der Waals surface area contributed by atoms with Crippen LogP contribution in [0.25, 0.3) is 43.2 Å². The summed E-state index contributed by atoms with van der Waals surface area (Å²) in [7, 11) is -14.1. The summed E-state index contributed by atoms with van der Waals surface area (Å²) < 4.78 is 106. The number of carbonyl (C=O) groups excluding carboxylic acids is 2. The molecule has 1 aromatic heterocycles. The molecule has 1 atom stereocenters. The molecule has 0 bridgehead atoms. The van der Waals surface area contributed by atoms with E-state index in [1.807, 2.05) is 30.3 Å². The molecule has 88 heavy (non-hydrogen) atoms. The van der Waals surface area contributed by atoms with Crippen LogP contribution < -0.4 is 16.8 Å². The molecule has 11 rings (SSSR count). The van der Waals surface area contributed by atoms with Crippen LogP contribution in [0.1, 0.15) is 37.4 Å². The van der Waals surface area contributed by atoms with Gasteiger partial charge in [-0.05, 0) is 103 Å². The molecule has 0 saturated carbocycles. The Morgan fingerprint density at radius 3 is 1.73 bits per heavy atom. The second-order valence-electron chi connectivity index (χ2n) is 19.3. The number of hydrogen-bond donors (Lipinski definition) is 10. The zero-order valence-corrected chi connectivity index (χ0v) is 48.2. The van der Waals surface area contributed by atoms with Crippen LogP contribution in [0.3, 0.4) is 0 Å². The number of ketones is 2. The fraction of sp³-hybridized carbons (Fsp3) is 0.0702. The maximum atomic E-state index is 12.9. The molecule has 0 fully saturated rings. The van der Waals surface area contributed by atoms with Crippen LogP contribution in [0.2, 0.25) is 0 Å². The molecule has 0 radical (unpaired) electrons. The van der Waals surface area contributed by atoms with Gasteiger partial charge in [0.1, 0.15) is 16.3 Å². The maximum absolute atomic E-state index is 12.9. The number of aromatic hydroxyl groups is 1. The largest absolute Gasteiger partial charge is 0.505 e. The molecule has 448 valence electrons. The van der Waals surface area contributed by atoms with Gasteiger partial charge >= 0.3 is 0 Å². The summed E-state index contributed by atoms with van der Waals surface area (Å²) in [6.07, 6.45) is 0.363. The number of aliphatic hydroxyl groups is 2. The molecule has 10 aromatic rings. The quantitative estimate of drug-likeness (QED) is 0.0107. The van der Waals surface area contributed by atoms with Gasteiger partial charge < -0.3 is 32.1 Å². The van der Waals surface area contributed by atoms with E-state index in [1.54, 1.807) is 49.5 Å². The summed E-state index contributed by atoms with van der Waals surface area (Å²) in [5.74, 6) is -1.56. The van der Waals surface area contributed by atoms with E-state index in [0.717, 1.165) is 34.7 Å². The van der Waals surface area contributed by atoms with E-state index in [9.17, 15) is 58.7 Å². The average Bonchev–Trinajstić information content (AvgIpc) is 0.888. The van der Waals surface area contributed by atoms with E-state index in [-0.39, 0.29) is 78.7 Å². The summed E-state index contributed by atoms with van der Waals surface area (Å²) in [5.41, 5.74) is 14.0. The Bertz CT molecular complexity index is 5010. The van der Waals surface area contributed by atoms with Crippen molar-refractivity contribution < 1.29 is 78.4 Å².